The average molecular weight is 595 g/mol. The quantitative estimate of drug-likeness (QED) is 0.241. The topological polar surface area (TPSA) is 113 Å². The summed E-state index contributed by atoms with van der Waals surface area (Å²) in [4.78, 5) is 38.0. The summed E-state index contributed by atoms with van der Waals surface area (Å²) >= 11 is 0. The predicted molar refractivity (Wildman–Crippen MR) is 168 cm³/mol. The fourth-order valence-corrected chi connectivity index (χ4v) is 5.00. The molecular formula is C33H31FN6O4. The third kappa shape index (κ3) is 6.09. The SMILES string of the molecule is Cc1ccc(-c2cc3nc(-c4ccc(NC(=O)Nc5ccc(C(=O)N(C)C)cc5)cc4)nc(N4CCOCC4)c3cc2F)o1. The smallest absolute Gasteiger partial charge is 0.323 e. The summed E-state index contributed by atoms with van der Waals surface area (Å²) in [6, 6.07) is 20.1. The molecule has 5 aromatic rings. The Morgan fingerprint density at radius 2 is 1.55 bits per heavy atom. The molecule has 224 valence electrons. The van der Waals surface area contributed by atoms with Crippen molar-refractivity contribution >= 4 is 40.0 Å². The summed E-state index contributed by atoms with van der Waals surface area (Å²) in [7, 11) is 3.37. The van der Waals surface area contributed by atoms with E-state index in [2.05, 4.69) is 15.5 Å². The molecule has 1 fully saturated rings. The van der Waals surface area contributed by atoms with Crippen LogP contribution in [0.5, 0.6) is 0 Å². The van der Waals surface area contributed by atoms with Crippen LogP contribution in [-0.4, -0.2) is 67.2 Å². The lowest BCUT2D eigenvalue weighted by Gasteiger charge is -2.29. The van der Waals surface area contributed by atoms with Gasteiger partial charge in [0.2, 0.25) is 0 Å². The first-order chi connectivity index (χ1) is 21.2. The molecule has 1 aliphatic heterocycles. The van der Waals surface area contributed by atoms with Gasteiger partial charge in [-0.15, -0.1) is 0 Å². The van der Waals surface area contributed by atoms with Gasteiger partial charge in [0, 0.05) is 55.1 Å². The zero-order valence-corrected chi connectivity index (χ0v) is 24.6. The third-order valence-corrected chi connectivity index (χ3v) is 7.28. The number of rotatable bonds is 6. The second-order valence-corrected chi connectivity index (χ2v) is 10.7. The van der Waals surface area contributed by atoms with E-state index in [0.29, 0.717) is 82.9 Å². The van der Waals surface area contributed by atoms with E-state index in [4.69, 9.17) is 19.1 Å². The highest BCUT2D eigenvalue weighted by atomic mass is 19.1. The van der Waals surface area contributed by atoms with Crippen molar-refractivity contribution in [1.29, 1.82) is 0 Å². The Bertz CT molecular complexity index is 1830. The minimum Gasteiger partial charge on any atom is -0.461 e. The van der Waals surface area contributed by atoms with E-state index in [9.17, 15) is 9.59 Å². The number of amides is 3. The first-order valence-electron chi connectivity index (χ1n) is 14.2. The number of urea groups is 1. The molecule has 1 saturated heterocycles. The van der Waals surface area contributed by atoms with Gasteiger partial charge in [0.25, 0.3) is 5.91 Å². The molecule has 0 bridgehead atoms. The van der Waals surface area contributed by atoms with Crippen molar-refractivity contribution < 1.29 is 23.1 Å². The van der Waals surface area contributed by atoms with Gasteiger partial charge in [0.05, 0.1) is 24.3 Å². The van der Waals surface area contributed by atoms with Crippen LogP contribution in [0.1, 0.15) is 16.1 Å². The maximum atomic E-state index is 15.3. The summed E-state index contributed by atoms with van der Waals surface area (Å²) in [5, 5.41) is 6.18. The van der Waals surface area contributed by atoms with E-state index in [1.807, 2.05) is 19.1 Å². The van der Waals surface area contributed by atoms with Gasteiger partial charge in [-0.05, 0) is 79.7 Å². The van der Waals surface area contributed by atoms with Crippen LogP contribution in [0.15, 0.2) is 77.2 Å². The van der Waals surface area contributed by atoms with Crippen LogP contribution in [0.4, 0.5) is 26.4 Å². The minimum absolute atomic E-state index is 0.117. The molecule has 0 spiro atoms. The number of carbonyl (C=O) groups excluding carboxylic acids is 2. The standard InChI is InChI=1S/C33H31FN6O4/c1-20-4-13-29(44-20)25-19-28-26(18-27(25)34)31(40-14-16-43-17-15-40)38-30(37-28)21-5-9-23(10-6-21)35-33(42)36-24-11-7-22(8-12-24)32(41)39(2)3/h4-13,18-19H,14-17H2,1-3H3,(H2,35,36,42). The number of carbonyl (C=O) groups is 2. The minimum atomic E-state index is -0.427. The van der Waals surface area contributed by atoms with Crippen molar-refractivity contribution in [2.45, 2.75) is 6.92 Å². The normalized spacial score (nSPS) is 13.1. The highest BCUT2D eigenvalue weighted by molar-refractivity contribution is 6.00. The Hall–Kier alpha value is -5.29. The van der Waals surface area contributed by atoms with Crippen LogP contribution < -0.4 is 15.5 Å². The summed E-state index contributed by atoms with van der Waals surface area (Å²) in [6.45, 7) is 4.16. The molecule has 3 aromatic carbocycles. The molecule has 10 nitrogen and oxygen atoms in total. The number of benzene rings is 3. The predicted octanol–water partition coefficient (Wildman–Crippen LogP) is 6.19. The number of fused-ring (bicyclic) bond motifs is 1. The number of furan rings is 1. The second-order valence-electron chi connectivity index (χ2n) is 10.7. The lowest BCUT2D eigenvalue weighted by Crippen LogP contribution is -2.37. The number of aryl methyl sites for hydroxylation is 1. The van der Waals surface area contributed by atoms with E-state index in [-0.39, 0.29) is 5.91 Å². The maximum absolute atomic E-state index is 15.3. The lowest BCUT2D eigenvalue weighted by molar-refractivity contribution is 0.0827. The fourth-order valence-electron chi connectivity index (χ4n) is 5.00. The second kappa shape index (κ2) is 12.1. The Kier molecular flexibility index (Phi) is 7.95. The Morgan fingerprint density at radius 1 is 0.886 bits per heavy atom. The summed E-state index contributed by atoms with van der Waals surface area (Å²) in [5.74, 6) is 1.69. The van der Waals surface area contributed by atoms with Gasteiger partial charge in [-0.3, -0.25) is 4.79 Å². The average Bonchev–Trinajstić information content (AvgIpc) is 3.46. The van der Waals surface area contributed by atoms with Gasteiger partial charge in [-0.25, -0.2) is 19.2 Å². The van der Waals surface area contributed by atoms with Crippen LogP contribution in [0.2, 0.25) is 0 Å². The van der Waals surface area contributed by atoms with Crippen molar-refractivity contribution in [3.63, 3.8) is 0 Å². The molecule has 2 N–H and O–H groups in total. The number of ether oxygens (including phenoxy) is 1. The van der Waals surface area contributed by atoms with Crippen molar-refractivity contribution in [3.05, 3.63) is 89.9 Å². The highest BCUT2D eigenvalue weighted by Crippen LogP contribution is 2.34. The Morgan fingerprint density at radius 3 is 2.16 bits per heavy atom. The molecule has 0 unspecified atom stereocenters. The van der Waals surface area contributed by atoms with Gasteiger partial charge in [0.1, 0.15) is 23.2 Å². The zero-order chi connectivity index (χ0) is 30.8. The summed E-state index contributed by atoms with van der Waals surface area (Å²) in [6.07, 6.45) is 0. The van der Waals surface area contributed by atoms with Crippen LogP contribution in [0.25, 0.3) is 33.6 Å². The van der Waals surface area contributed by atoms with E-state index < -0.39 is 11.8 Å². The molecular weight excluding hydrogens is 563 g/mol. The molecule has 0 radical (unpaired) electrons. The molecule has 0 atom stereocenters. The largest absolute Gasteiger partial charge is 0.461 e. The number of hydrogen-bond acceptors (Lipinski definition) is 7. The van der Waals surface area contributed by atoms with Gasteiger partial charge in [-0.2, -0.15) is 0 Å². The number of nitrogens with one attached hydrogen (secondary N) is 2. The van der Waals surface area contributed by atoms with Crippen molar-refractivity contribution in [2.24, 2.45) is 0 Å². The molecule has 3 heterocycles. The van der Waals surface area contributed by atoms with Gasteiger partial charge < -0.3 is 29.6 Å². The first kappa shape index (κ1) is 28.8. The van der Waals surface area contributed by atoms with Crippen molar-refractivity contribution in [2.75, 3.05) is 55.9 Å². The van der Waals surface area contributed by atoms with Gasteiger partial charge >= 0.3 is 6.03 Å². The maximum Gasteiger partial charge on any atom is 0.323 e. The van der Waals surface area contributed by atoms with Crippen LogP contribution in [-0.2, 0) is 4.74 Å². The first-order valence-corrected chi connectivity index (χ1v) is 14.2. The zero-order valence-electron chi connectivity index (χ0n) is 24.6. The van der Waals surface area contributed by atoms with Crippen molar-refractivity contribution in [3.8, 4) is 22.7 Å². The third-order valence-electron chi connectivity index (χ3n) is 7.28. The molecule has 1 aliphatic rings. The van der Waals surface area contributed by atoms with Crippen molar-refractivity contribution in [1.82, 2.24) is 14.9 Å². The van der Waals surface area contributed by atoms with Gasteiger partial charge in [-0.1, -0.05) is 0 Å². The number of halogens is 1. The van der Waals surface area contributed by atoms with Crippen LogP contribution in [0.3, 0.4) is 0 Å². The number of anilines is 3. The monoisotopic (exact) mass is 594 g/mol. The van der Waals surface area contributed by atoms with Crippen LogP contribution in [0, 0.1) is 12.7 Å². The molecule has 0 aliphatic carbocycles. The van der Waals surface area contributed by atoms with Crippen LogP contribution >= 0.6 is 0 Å². The summed E-state index contributed by atoms with van der Waals surface area (Å²) in [5.41, 5.74) is 3.29. The van der Waals surface area contributed by atoms with E-state index >= 15 is 4.39 Å². The molecule has 3 amide bonds. The lowest BCUT2D eigenvalue weighted by atomic mass is 10.1. The number of hydrogen-bond donors (Lipinski definition) is 2. The molecule has 0 saturated carbocycles. The summed E-state index contributed by atoms with van der Waals surface area (Å²) < 4.78 is 26.6. The molecule has 44 heavy (non-hydrogen) atoms. The van der Waals surface area contributed by atoms with E-state index in [1.165, 1.54) is 11.0 Å². The molecule has 11 heteroatoms. The fraction of sp³-hybridized carbons (Fsp3) is 0.212. The number of morpholine rings is 1. The molecule has 2 aromatic heterocycles. The Labute approximate surface area is 253 Å². The highest BCUT2D eigenvalue weighted by Gasteiger charge is 2.21. The number of aromatic nitrogens is 2. The Balaban J connectivity index is 1.25. The number of nitrogens with zero attached hydrogens (tertiary/aromatic N) is 4. The van der Waals surface area contributed by atoms with Gasteiger partial charge in [0.15, 0.2) is 5.82 Å². The van der Waals surface area contributed by atoms with E-state index in [1.54, 1.807) is 68.7 Å². The van der Waals surface area contributed by atoms with E-state index in [0.717, 1.165) is 5.56 Å². The molecule has 6 rings (SSSR count).